The van der Waals surface area contributed by atoms with Gasteiger partial charge in [-0.05, 0) is 24.8 Å². The van der Waals surface area contributed by atoms with Gasteiger partial charge in [-0.3, -0.25) is 4.79 Å². The van der Waals surface area contributed by atoms with Crippen LogP contribution < -0.4 is 5.73 Å². The zero-order chi connectivity index (χ0) is 15.5. The number of hydrogen-bond acceptors (Lipinski definition) is 2. The molecule has 0 spiro atoms. The summed E-state index contributed by atoms with van der Waals surface area (Å²) in [5.41, 5.74) is 6.83. The monoisotopic (exact) mass is 336 g/mol. The summed E-state index contributed by atoms with van der Waals surface area (Å²) in [5.74, 6) is -1.56. The van der Waals surface area contributed by atoms with Gasteiger partial charge in [-0.25, -0.2) is 0 Å². The molecule has 7 heteroatoms. The Labute approximate surface area is 134 Å². The number of carbonyl (C=O) groups excluding carboxylic acids is 1. The predicted octanol–water partition coefficient (Wildman–Crippen LogP) is 2.78. The van der Waals surface area contributed by atoms with E-state index in [0.29, 0.717) is 6.42 Å². The van der Waals surface area contributed by atoms with Crippen LogP contribution in [0.1, 0.15) is 18.4 Å². The van der Waals surface area contributed by atoms with Crippen LogP contribution in [0.2, 0.25) is 0 Å². The fourth-order valence-electron chi connectivity index (χ4n) is 2.62. The molecule has 1 aromatic rings. The maximum Gasteiger partial charge on any atom is 0.391 e. The number of nitrogens with zero attached hydrogens (tertiary/aromatic N) is 1. The lowest BCUT2D eigenvalue weighted by Gasteiger charge is -2.34. The van der Waals surface area contributed by atoms with E-state index in [0.717, 1.165) is 5.56 Å². The summed E-state index contributed by atoms with van der Waals surface area (Å²) in [6.07, 6.45) is -3.83. The molecule has 1 heterocycles. The second kappa shape index (κ2) is 7.83. The van der Waals surface area contributed by atoms with Crippen molar-refractivity contribution in [1.82, 2.24) is 4.90 Å². The molecular formula is C15H20ClF3N2O. The Balaban J connectivity index is 0.00000242. The van der Waals surface area contributed by atoms with Crippen LogP contribution in [0.3, 0.4) is 0 Å². The SMILES string of the molecule is Cl.N[C@@H](Cc1ccccc1)C(=O)N1CCC(C(F)(F)F)CC1. The first kappa shape index (κ1) is 18.8. The van der Waals surface area contributed by atoms with E-state index in [1.54, 1.807) is 0 Å². The van der Waals surface area contributed by atoms with Gasteiger partial charge < -0.3 is 10.6 Å². The molecule has 1 aliphatic rings. The van der Waals surface area contributed by atoms with Crippen molar-refractivity contribution in [3.8, 4) is 0 Å². The minimum atomic E-state index is -4.17. The molecular weight excluding hydrogens is 317 g/mol. The van der Waals surface area contributed by atoms with E-state index < -0.39 is 18.1 Å². The van der Waals surface area contributed by atoms with Gasteiger partial charge in [0.15, 0.2) is 0 Å². The number of rotatable bonds is 3. The van der Waals surface area contributed by atoms with Crippen LogP contribution in [0, 0.1) is 5.92 Å². The number of benzene rings is 1. The van der Waals surface area contributed by atoms with Gasteiger partial charge >= 0.3 is 6.18 Å². The predicted molar refractivity (Wildman–Crippen MR) is 80.7 cm³/mol. The molecule has 2 N–H and O–H groups in total. The van der Waals surface area contributed by atoms with Crippen molar-refractivity contribution < 1.29 is 18.0 Å². The van der Waals surface area contributed by atoms with E-state index in [1.165, 1.54) is 4.90 Å². The third-order valence-electron chi connectivity index (χ3n) is 3.89. The van der Waals surface area contributed by atoms with Gasteiger partial charge in [0.1, 0.15) is 0 Å². The van der Waals surface area contributed by atoms with E-state index in [4.69, 9.17) is 5.73 Å². The van der Waals surface area contributed by atoms with Crippen LogP contribution in [0.4, 0.5) is 13.2 Å². The van der Waals surface area contributed by atoms with E-state index >= 15 is 0 Å². The van der Waals surface area contributed by atoms with E-state index in [2.05, 4.69) is 0 Å². The molecule has 2 rings (SSSR count). The highest BCUT2D eigenvalue weighted by molar-refractivity contribution is 5.85. The van der Waals surface area contributed by atoms with Crippen molar-refractivity contribution in [3.63, 3.8) is 0 Å². The Morgan fingerprint density at radius 2 is 1.77 bits per heavy atom. The number of alkyl halides is 3. The first-order valence-electron chi connectivity index (χ1n) is 7.03. The van der Waals surface area contributed by atoms with Crippen molar-refractivity contribution in [2.45, 2.75) is 31.5 Å². The van der Waals surface area contributed by atoms with Crippen molar-refractivity contribution in [2.75, 3.05) is 13.1 Å². The fraction of sp³-hybridized carbons (Fsp3) is 0.533. The van der Waals surface area contributed by atoms with Crippen LogP contribution in [-0.2, 0) is 11.2 Å². The molecule has 0 unspecified atom stereocenters. The second-order valence-electron chi connectivity index (χ2n) is 5.44. The second-order valence-corrected chi connectivity index (χ2v) is 5.44. The Morgan fingerprint density at radius 3 is 2.27 bits per heavy atom. The molecule has 1 aliphatic heterocycles. The highest BCUT2D eigenvalue weighted by atomic mass is 35.5. The highest BCUT2D eigenvalue weighted by Crippen LogP contribution is 2.34. The molecule has 0 bridgehead atoms. The van der Waals surface area contributed by atoms with Crippen LogP contribution in [-0.4, -0.2) is 36.1 Å². The molecule has 0 saturated carbocycles. The highest BCUT2D eigenvalue weighted by Gasteiger charge is 2.42. The largest absolute Gasteiger partial charge is 0.391 e. The lowest BCUT2D eigenvalue weighted by Crippen LogP contribution is -2.49. The maximum absolute atomic E-state index is 12.6. The molecule has 1 fully saturated rings. The Bertz CT molecular complexity index is 473. The number of amides is 1. The minimum absolute atomic E-state index is 0. The van der Waals surface area contributed by atoms with Crippen LogP contribution >= 0.6 is 12.4 Å². The van der Waals surface area contributed by atoms with E-state index in [-0.39, 0.29) is 44.2 Å². The Morgan fingerprint density at radius 1 is 1.23 bits per heavy atom. The normalized spacial score (nSPS) is 17.7. The summed E-state index contributed by atoms with van der Waals surface area (Å²) >= 11 is 0. The van der Waals surface area contributed by atoms with Gasteiger partial charge in [0.2, 0.25) is 5.91 Å². The van der Waals surface area contributed by atoms with Crippen molar-refractivity contribution >= 4 is 18.3 Å². The molecule has 3 nitrogen and oxygen atoms in total. The number of piperidine rings is 1. The van der Waals surface area contributed by atoms with Crippen molar-refractivity contribution in [1.29, 1.82) is 0 Å². The molecule has 1 saturated heterocycles. The maximum atomic E-state index is 12.6. The van der Waals surface area contributed by atoms with Crippen LogP contribution in [0.5, 0.6) is 0 Å². The lowest BCUT2D eigenvalue weighted by molar-refractivity contribution is -0.186. The molecule has 1 amide bonds. The number of nitrogens with two attached hydrogens (primary N) is 1. The van der Waals surface area contributed by atoms with E-state index in [9.17, 15) is 18.0 Å². The van der Waals surface area contributed by atoms with Gasteiger partial charge in [0, 0.05) is 13.1 Å². The Hall–Kier alpha value is -1.27. The zero-order valence-electron chi connectivity index (χ0n) is 12.1. The standard InChI is InChI=1S/C15H19F3N2O.ClH/c16-15(17,18)12-6-8-20(9-7-12)14(21)13(19)10-11-4-2-1-3-5-11;/h1-5,12-13H,6-10,19H2;1H/t13-;/m0./s1. The fourth-order valence-corrected chi connectivity index (χ4v) is 2.62. The molecule has 1 aromatic carbocycles. The minimum Gasteiger partial charge on any atom is -0.341 e. The number of hydrogen-bond donors (Lipinski definition) is 1. The summed E-state index contributed by atoms with van der Waals surface area (Å²) in [5, 5.41) is 0. The van der Waals surface area contributed by atoms with Crippen LogP contribution in [0.25, 0.3) is 0 Å². The van der Waals surface area contributed by atoms with Crippen molar-refractivity contribution in [2.24, 2.45) is 11.7 Å². The number of carbonyl (C=O) groups is 1. The van der Waals surface area contributed by atoms with Crippen molar-refractivity contribution in [3.05, 3.63) is 35.9 Å². The quantitative estimate of drug-likeness (QED) is 0.922. The summed E-state index contributed by atoms with van der Waals surface area (Å²) in [4.78, 5) is 13.6. The number of likely N-dealkylation sites (tertiary alicyclic amines) is 1. The van der Waals surface area contributed by atoms with Gasteiger partial charge in [-0.15, -0.1) is 12.4 Å². The first-order chi connectivity index (χ1) is 9.88. The molecule has 1 atom stereocenters. The smallest absolute Gasteiger partial charge is 0.341 e. The third-order valence-corrected chi connectivity index (χ3v) is 3.89. The van der Waals surface area contributed by atoms with E-state index in [1.807, 2.05) is 30.3 Å². The number of halogens is 4. The van der Waals surface area contributed by atoms with Gasteiger partial charge in [0.05, 0.1) is 12.0 Å². The van der Waals surface area contributed by atoms with Gasteiger partial charge in [-0.2, -0.15) is 13.2 Å². The summed E-state index contributed by atoms with van der Waals surface area (Å²) in [6, 6.07) is 8.66. The lowest BCUT2D eigenvalue weighted by atomic mass is 9.95. The molecule has 22 heavy (non-hydrogen) atoms. The molecule has 124 valence electrons. The molecule has 0 aliphatic carbocycles. The summed E-state index contributed by atoms with van der Waals surface area (Å²) < 4.78 is 37.8. The molecule has 0 radical (unpaired) electrons. The zero-order valence-corrected chi connectivity index (χ0v) is 12.9. The molecule has 0 aromatic heterocycles. The average molecular weight is 337 g/mol. The third kappa shape index (κ3) is 4.88. The first-order valence-corrected chi connectivity index (χ1v) is 7.03. The summed E-state index contributed by atoms with van der Waals surface area (Å²) in [6.45, 7) is 0.261. The average Bonchev–Trinajstić information content (AvgIpc) is 2.46. The summed E-state index contributed by atoms with van der Waals surface area (Å²) in [7, 11) is 0. The Kier molecular flexibility index (Phi) is 6.68. The topological polar surface area (TPSA) is 46.3 Å². The van der Waals surface area contributed by atoms with Crippen LogP contribution in [0.15, 0.2) is 30.3 Å². The van der Waals surface area contributed by atoms with Gasteiger partial charge in [-0.1, -0.05) is 30.3 Å². The van der Waals surface area contributed by atoms with Gasteiger partial charge in [0.25, 0.3) is 0 Å².